The van der Waals surface area contributed by atoms with E-state index in [9.17, 15) is 9.59 Å². The van der Waals surface area contributed by atoms with Gasteiger partial charge in [0.15, 0.2) is 0 Å². The molecule has 1 saturated heterocycles. The number of carbonyl (C=O) groups is 2. The predicted molar refractivity (Wildman–Crippen MR) is 104 cm³/mol. The van der Waals surface area contributed by atoms with Gasteiger partial charge >= 0.3 is 6.09 Å². The molecule has 0 bridgehead atoms. The van der Waals surface area contributed by atoms with Crippen molar-refractivity contribution < 1.29 is 19.2 Å². The summed E-state index contributed by atoms with van der Waals surface area (Å²) in [5.74, 6) is 0.926. The number of nitrogens with two attached hydrogens (primary N) is 1. The van der Waals surface area contributed by atoms with E-state index in [4.69, 9.17) is 15.3 Å². The number of rotatable bonds is 3. The number of amides is 2. The lowest BCUT2D eigenvalue weighted by atomic mass is 9.99. The average Bonchev–Trinajstić information content (AvgIpc) is 2.72. The van der Waals surface area contributed by atoms with Crippen molar-refractivity contribution >= 4 is 17.7 Å². The van der Waals surface area contributed by atoms with E-state index in [2.05, 4.69) is 0 Å². The van der Waals surface area contributed by atoms with Crippen molar-refractivity contribution in [1.29, 1.82) is 0 Å². The summed E-state index contributed by atoms with van der Waals surface area (Å²) in [6, 6.07) is 14.0. The maximum Gasteiger partial charge on any atom is 0.434 e. The molecule has 0 unspecified atom stereocenters. The van der Waals surface area contributed by atoms with Gasteiger partial charge in [-0.1, -0.05) is 18.2 Å². The lowest BCUT2D eigenvalue weighted by Gasteiger charge is -2.33. The van der Waals surface area contributed by atoms with Crippen molar-refractivity contribution in [2.24, 2.45) is 5.73 Å². The Morgan fingerprint density at radius 3 is 2.50 bits per heavy atom. The zero-order chi connectivity index (χ0) is 19.5. The summed E-state index contributed by atoms with van der Waals surface area (Å²) in [6.45, 7) is 1.28. The van der Waals surface area contributed by atoms with E-state index < -0.39 is 18.0 Å². The van der Waals surface area contributed by atoms with Crippen LogP contribution in [0.15, 0.2) is 48.5 Å². The van der Waals surface area contributed by atoms with Gasteiger partial charge in [0.25, 0.3) is 5.91 Å². The van der Waals surface area contributed by atoms with Crippen molar-refractivity contribution in [3.8, 4) is 11.5 Å². The number of para-hydroxylation sites is 1. The van der Waals surface area contributed by atoms with Crippen molar-refractivity contribution in [2.75, 3.05) is 18.2 Å². The minimum absolute atomic E-state index is 0.359. The second-order valence-electron chi connectivity index (χ2n) is 7.05. The standard InChI is InChI=1S/C21H23N3O4/c22-18-14-15-13-17(27-16-7-3-1-4-8-16)9-10-19(15)24(20(18)25)28-21(26)23-11-5-2-6-12-23/h1,3-4,7-10,13,18H,2,5-6,11-12,14,22H2/t18-/m0/s1. The van der Waals surface area contributed by atoms with Gasteiger partial charge < -0.3 is 20.2 Å². The van der Waals surface area contributed by atoms with Gasteiger partial charge in [-0.3, -0.25) is 4.79 Å². The summed E-state index contributed by atoms with van der Waals surface area (Å²) >= 11 is 0. The summed E-state index contributed by atoms with van der Waals surface area (Å²) in [7, 11) is 0. The molecule has 2 N–H and O–H groups in total. The minimum atomic E-state index is -0.770. The summed E-state index contributed by atoms with van der Waals surface area (Å²) in [4.78, 5) is 32.1. The van der Waals surface area contributed by atoms with Gasteiger partial charge in [-0.05, 0) is 61.6 Å². The Morgan fingerprint density at radius 2 is 1.75 bits per heavy atom. The summed E-state index contributed by atoms with van der Waals surface area (Å²) in [5.41, 5.74) is 7.33. The molecular weight excluding hydrogens is 358 g/mol. The van der Waals surface area contributed by atoms with E-state index in [0.29, 0.717) is 36.7 Å². The molecule has 0 saturated carbocycles. The molecule has 4 rings (SSSR count). The highest BCUT2D eigenvalue weighted by atomic mass is 16.7. The summed E-state index contributed by atoms with van der Waals surface area (Å²) in [6.07, 6.45) is 2.83. The first-order valence-corrected chi connectivity index (χ1v) is 9.54. The molecule has 28 heavy (non-hydrogen) atoms. The Morgan fingerprint density at radius 1 is 1.00 bits per heavy atom. The van der Waals surface area contributed by atoms with Gasteiger partial charge in [0.2, 0.25) is 0 Å². The number of piperidine rings is 1. The first-order chi connectivity index (χ1) is 13.6. The first kappa shape index (κ1) is 18.3. The number of anilines is 1. The Kier molecular flexibility index (Phi) is 5.16. The molecule has 0 aromatic heterocycles. The van der Waals surface area contributed by atoms with Crippen LogP contribution in [0.1, 0.15) is 24.8 Å². The van der Waals surface area contributed by atoms with E-state index in [1.54, 1.807) is 17.0 Å². The van der Waals surface area contributed by atoms with E-state index in [1.165, 1.54) is 0 Å². The number of nitrogens with zero attached hydrogens (tertiary/aromatic N) is 2. The van der Waals surface area contributed by atoms with Crippen molar-refractivity contribution in [3.05, 3.63) is 54.1 Å². The summed E-state index contributed by atoms with van der Waals surface area (Å²) in [5, 5.41) is 1.03. The highest BCUT2D eigenvalue weighted by Gasteiger charge is 2.35. The number of benzene rings is 2. The number of hydroxylamine groups is 1. The summed E-state index contributed by atoms with van der Waals surface area (Å²) < 4.78 is 5.86. The Balaban J connectivity index is 1.55. The van der Waals surface area contributed by atoms with Crippen LogP contribution in [0.3, 0.4) is 0 Å². The SMILES string of the molecule is N[C@H]1Cc2cc(Oc3ccccc3)ccc2N(OC(=O)N2CCCCC2)C1=O. The van der Waals surface area contributed by atoms with Crippen LogP contribution in [0, 0.1) is 0 Å². The number of fused-ring (bicyclic) bond motifs is 1. The Labute approximate surface area is 163 Å². The molecule has 2 aliphatic heterocycles. The third-order valence-electron chi connectivity index (χ3n) is 4.99. The lowest BCUT2D eigenvalue weighted by molar-refractivity contribution is -0.126. The van der Waals surface area contributed by atoms with Gasteiger partial charge in [-0.15, -0.1) is 5.06 Å². The predicted octanol–water partition coefficient (Wildman–Crippen LogP) is 3.23. The van der Waals surface area contributed by atoms with Crippen molar-refractivity contribution in [3.63, 3.8) is 0 Å². The highest BCUT2D eigenvalue weighted by molar-refractivity contribution is 5.99. The van der Waals surface area contributed by atoms with Gasteiger partial charge in [0, 0.05) is 13.1 Å². The monoisotopic (exact) mass is 381 g/mol. The fourth-order valence-corrected chi connectivity index (χ4v) is 3.51. The zero-order valence-electron chi connectivity index (χ0n) is 15.5. The maximum absolute atomic E-state index is 12.6. The van der Waals surface area contributed by atoms with Gasteiger partial charge in [-0.2, -0.15) is 0 Å². The molecule has 1 atom stereocenters. The molecule has 2 aromatic rings. The van der Waals surface area contributed by atoms with Crippen molar-refractivity contribution in [2.45, 2.75) is 31.7 Å². The molecule has 2 amide bonds. The number of carbonyl (C=O) groups excluding carboxylic acids is 2. The van der Waals surface area contributed by atoms with Gasteiger partial charge in [-0.25, -0.2) is 4.79 Å². The lowest BCUT2D eigenvalue weighted by Crippen LogP contribution is -2.51. The number of hydrogen-bond acceptors (Lipinski definition) is 5. The molecule has 1 fully saturated rings. The topological polar surface area (TPSA) is 85.1 Å². The van der Waals surface area contributed by atoms with E-state index in [1.807, 2.05) is 36.4 Å². The molecule has 0 aliphatic carbocycles. The van der Waals surface area contributed by atoms with Crippen LogP contribution < -0.4 is 15.5 Å². The molecule has 0 spiro atoms. The molecule has 2 aliphatic rings. The molecule has 7 heteroatoms. The fraction of sp³-hybridized carbons (Fsp3) is 0.333. The van der Waals surface area contributed by atoms with Gasteiger partial charge in [0.05, 0.1) is 11.7 Å². The van der Waals surface area contributed by atoms with Crippen LogP contribution in [0.25, 0.3) is 0 Å². The van der Waals surface area contributed by atoms with Gasteiger partial charge in [0.1, 0.15) is 11.5 Å². The van der Waals surface area contributed by atoms with Crippen LogP contribution in [-0.2, 0) is 16.1 Å². The van der Waals surface area contributed by atoms with Crippen LogP contribution >= 0.6 is 0 Å². The highest BCUT2D eigenvalue weighted by Crippen LogP contribution is 2.33. The van der Waals surface area contributed by atoms with Crippen molar-refractivity contribution in [1.82, 2.24) is 4.90 Å². The Hall–Kier alpha value is -3.06. The Bertz CT molecular complexity index is 865. The smallest absolute Gasteiger partial charge is 0.434 e. The van der Waals surface area contributed by atoms with Crippen LogP contribution in [0.2, 0.25) is 0 Å². The minimum Gasteiger partial charge on any atom is -0.457 e. The van der Waals surface area contributed by atoms with E-state index >= 15 is 0 Å². The molecule has 2 heterocycles. The number of likely N-dealkylation sites (tertiary alicyclic amines) is 1. The van der Waals surface area contributed by atoms with Crippen LogP contribution in [0.5, 0.6) is 11.5 Å². The zero-order valence-corrected chi connectivity index (χ0v) is 15.5. The third kappa shape index (κ3) is 3.80. The third-order valence-corrected chi connectivity index (χ3v) is 4.99. The van der Waals surface area contributed by atoms with E-state index in [0.717, 1.165) is 29.9 Å². The quantitative estimate of drug-likeness (QED) is 0.882. The fourth-order valence-electron chi connectivity index (χ4n) is 3.51. The van der Waals surface area contributed by atoms with Crippen LogP contribution in [0.4, 0.5) is 10.5 Å². The average molecular weight is 381 g/mol. The molecule has 2 aromatic carbocycles. The molecule has 7 nitrogen and oxygen atoms in total. The largest absolute Gasteiger partial charge is 0.457 e. The normalized spacial score (nSPS) is 19.2. The molecule has 146 valence electrons. The second-order valence-corrected chi connectivity index (χ2v) is 7.05. The first-order valence-electron chi connectivity index (χ1n) is 9.54. The second kappa shape index (κ2) is 7.90. The maximum atomic E-state index is 12.6. The van der Waals surface area contributed by atoms with E-state index in [-0.39, 0.29) is 0 Å². The number of ether oxygens (including phenoxy) is 1. The molecular formula is C21H23N3O4. The number of hydrogen-bond donors (Lipinski definition) is 1. The van der Waals surface area contributed by atoms with Crippen LogP contribution in [-0.4, -0.2) is 36.0 Å². The molecule has 0 radical (unpaired) electrons.